The van der Waals surface area contributed by atoms with Crippen LogP contribution in [0.1, 0.15) is 52.9 Å². The number of hydrogen-bond donors (Lipinski definition) is 0. The lowest BCUT2D eigenvalue weighted by Gasteiger charge is -2.19. The summed E-state index contributed by atoms with van der Waals surface area (Å²) in [6.07, 6.45) is 5.13. The van der Waals surface area contributed by atoms with Crippen LogP contribution in [0.5, 0.6) is 0 Å². The van der Waals surface area contributed by atoms with Gasteiger partial charge in [-0.2, -0.15) is 0 Å². The van der Waals surface area contributed by atoms with Crippen molar-refractivity contribution >= 4 is 6.47 Å². The molecule has 0 rings (SSSR count). The summed E-state index contributed by atoms with van der Waals surface area (Å²) in [7, 11) is 0. The van der Waals surface area contributed by atoms with E-state index in [9.17, 15) is 4.79 Å². The molecule has 0 saturated carbocycles. The van der Waals surface area contributed by atoms with Crippen molar-refractivity contribution in [3.8, 4) is 0 Å². The van der Waals surface area contributed by atoms with Gasteiger partial charge in [0.15, 0.2) is 0 Å². The largest absolute Gasteiger partial charge is 0.438 e. The minimum atomic E-state index is -0.363. The average molecular weight is 216 g/mol. The third-order valence-corrected chi connectivity index (χ3v) is 2.60. The van der Waals surface area contributed by atoms with Crippen LogP contribution in [-0.2, 0) is 14.3 Å². The molecular formula is C12H24O3. The zero-order valence-corrected chi connectivity index (χ0v) is 10.2. The summed E-state index contributed by atoms with van der Waals surface area (Å²) in [6.45, 7) is 7.47. The number of unbranched alkanes of at least 4 members (excludes halogenated alkanes) is 1. The molecule has 2 atom stereocenters. The summed E-state index contributed by atoms with van der Waals surface area (Å²) in [4.78, 5) is 10.2. The molecule has 0 aliphatic heterocycles. The summed E-state index contributed by atoms with van der Waals surface area (Å²) in [5.74, 6) is 0.592. The van der Waals surface area contributed by atoms with E-state index < -0.39 is 0 Å². The fraction of sp³-hybridized carbons (Fsp3) is 0.917. The lowest BCUT2D eigenvalue weighted by molar-refractivity contribution is -0.167. The van der Waals surface area contributed by atoms with Gasteiger partial charge in [-0.25, -0.2) is 0 Å². The monoisotopic (exact) mass is 216 g/mol. The van der Waals surface area contributed by atoms with Gasteiger partial charge < -0.3 is 9.47 Å². The van der Waals surface area contributed by atoms with Crippen molar-refractivity contribution in [2.24, 2.45) is 5.92 Å². The highest BCUT2D eigenvalue weighted by molar-refractivity contribution is 5.37. The summed E-state index contributed by atoms with van der Waals surface area (Å²) in [5, 5.41) is 0. The van der Waals surface area contributed by atoms with E-state index in [1.54, 1.807) is 0 Å². The fourth-order valence-electron chi connectivity index (χ4n) is 1.46. The standard InChI is InChI=1S/C12H24O3/c1-4-7-8-11(5-2)9-14-12(6-3)15-10-13/h10-12H,4-9H2,1-3H3. The zero-order chi connectivity index (χ0) is 11.5. The molecule has 0 saturated heterocycles. The second-order valence-electron chi connectivity index (χ2n) is 3.82. The van der Waals surface area contributed by atoms with Crippen LogP contribution in [0.25, 0.3) is 0 Å². The van der Waals surface area contributed by atoms with Crippen LogP contribution < -0.4 is 0 Å². The van der Waals surface area contributed by atoms with E-state index in [0.29, 0.717) is 25.4 Å². The zero-order valence-electron chi connectivity index (χ0n) is 10.2. The van der Waals surface area contributed by atoms with Gasteiger partial charge in [0, 0.05) is 6.42 Å². The van der Waals surface area contributed by atoms with Crippen LogP contribution >= 0.6 is 0 Å². The molecule has 0 aromatic carbocycles. The highest BCUT2D eigenvalue weighted by atomic mass is 16.7. The van der Waals surface area contributed by atoms with E-state index >= 15 is 0 Å². The number of rotatable bonds is 10. The topological polar surface area (TPSA) is 35.5 Å². The second kappa shape index (κ2) is 9.97. The van der Waals surface area contributed by atoms with Gasteiger partial charge in [-0.15, -0.1) is 0 Å². The van der Waals surface area contributed by atoms with Crippen molar-refractivity contribution in [2.75, 3.05) is 6.61 Å². The Kier molecular flexibility index (Phi) is 9.59. The smallest absolute Gasteiger partial charge is 0.295 e. The quantitative estimate of drug-likeness (QED) is 0.416. The molecule has 0 radical (unpaired) electrons. The molecule has 0 aromatic heterocycles. The molecule has 15 heavy (non-hydrogen) atoms. The van der Waals surface area contributed by atoms with Crippen LogP contribution in [0.15, 0.2) is 0 Å². The van der Waals surface area contributed by atoms with Crippen molar-refractivity contribution in [1.82, 2.24) is 0 Å². The molecule has 0 spiro atoms. The van der Waals surface area contributed by atoms with Gasteiger partial charge in [-0.3, -0.25) is 4.79 Å². The first-order valence-electron chi connectivity index (χ1n) is 5.99. The Balaban J connectivity index is 3.70. The summed E-state index contributed by atoms with van der Waals surface area (Å²) in [5.41, 5.74) is 0. The predicted molar refractivity (Wildman–Crippen MR) is 60.5 cm³/mol. The van der Waals surface area contributed by atoms with Crippen LogP contribution in [0.2, 0.25) is 0 Å². The van der Waals surface area contributed by atoms with Crippen molar-refractivity contribution in [3.05, 3.63) is 0 Å². The molecule has 0 aliphatic carbocycles. The molecule has 0 heterocycles. The Labute approximate surface area is 93.1 Å². The van der Waals surface area contributed by atoms with Crippen LogP contribution in [0, 0.1) is 5.92 Å². The Morgan fingerprint density at radius 3 is 2.40 bits per heavy atom. The minimum absolute atomic E-state index is 0.363. The van der Waals surface area contributed by atoms with Gasteiger partial charge in [0.25, 0.3) is 6.47 Å². The number of ether oxygens (including phenoxy) is 2. The van der Waals surface area contributed by atoms with Gasteiger partial charge >= 0.3 is 0 Å². The molecule has 0 bridgehead atoms. The third kappa shape index (κ3) is 7.37. The molecular weight excluding hydrogens is 192 g/mol. The lowest BCUT2D eigenvalue weighted by atomic mass is 10.0. The first-order valence-corrected chi connectivity index (χ1v) is 5.99. The number of carbonyl (C=O) groups excluding carboxylic acids is 1. The van der Waals surface area contributed by atoms with Gasteiger partial charge in [0.05, 0.1) is 6.61 Å². The molecule has 3 nitrogen and oxygen atoms in total. The lowest BCUT2D eigenvalue weighted by Crippen LogP contribution is -2.20. The van der Waals surface area contributed by atoms with E-state index in [1.165, 1.54) is 19.3 Å². The van der Waals surface area contributed by atoms with Gasteiger partial charge in [0.1, 0.15) is 0 Å². The van der Waals surface area contributed by atoms with Crippen molar-refractivity contribution in [3.63, 3.8) is 0 Å². The highest BCUT2D eigenvalue weighted by Crippen LogP contribution is 2.14. The Morgan fingerprint density at radius 1 is 1.20 bits per heavy atom. The van der Waals surface area contributed by atoms with Crippen molar-refractivity contribution in [2.45, 2.75) is 59.2 Å². The minimum Gasteiger partial charge on any atom is -0.438 e. The first kappa shape index (κ1) is 14.4. The summed E-state index contributed by atoms with van der Waals surface area (Å²) >= 11 is 0. The Morgan fingerprint density at radius 2 is 1.93 bits per heavy atom. The number of hydrogen-bond acceptors (Lipinski definition) is 3. The maximum atomic E-state index is 10.2. The highest BCUT2D eigenvalue weighted by Gasteiger charge is 2.11. The van der Waals surface area contributed by atoms with Crippen molar-refractivity contribution < 1.29 is 14.3 Å². The molecule has 90 valence electrons. The van der Waals surface area contributed by atoms with E-state index in [1.807, 2.05) is 6.92 Å². The fourth-order valence-corrected chi connectivity index (χ4v) is 1.46. The van der Waals surface area contributed by atoms with Crippen LogP contribution in [0.3, 0.4) is 0 Å². The number of carbonyl (C=O) groups is 1. The van der Waals surface area contributed by atoms with E-state index in [0.717, 1.165) is 6.42 Å². The van der Waals surface area contributed by atoms with E-state index in [-0.39, 0.29) is 6.29 Å². The molecule has 0 N–H and O–H groups in total. The average Bonchev–Trinajstić information content (AvgIpc) is 2.27. The molecule has 2 unspecified atom stereocenters. The van der Waals surface area contributed by atoms with Crippen LogP contribution in [0.4, 0.5) is 0 Å². The summed E-state index contributed by atoms with van der Waals surface area (Å²) < 4.78 is 10.3. The molecule has 0 aliphatic rings. The molecule has 0 fully saturated rings. The Hall–Kier alpha value is -0.570. The van der Waals surface area contributed by atoms with Gasteiger partial charge in [0.2, 0.25) is 6.29 Å². The van der Waals surface area contributed by atoms with Gasteiger partial charge in [-0.05, 0) is 12.3 Å². The third-order valence-electron chi connectivity index (χ3n) is 2.60. The Bertz CT molecular complexity index is 148. The van der Waals surface area contributed by atoms with Crippen molar-refractivity contribution in [1.29, 1.82) is 0 Å². The molecule has 3 heteroatoms. The molecule has 0 aromatic rings. The van der Waals surface area contributed by atoms with Gasteiger partial charge in [-0.1, -0.05) is 40.0 Å². The SMILES string of the molecule is CCCCC(CC)COC(CC)OC=O. The first-order chi connectivity index (χ1) is 7.28. The maximum Gasteiger partial charge on any atom is 0.295 e. The predicted octanol–water partition coefficient (Wildman–Crippen LogP) is 3.13. The van der Waals surface area contributed by atoms with Crippen LogP contribution in [-0.4, -0.2) is 19.4 Å². The summed E-state index contributed by atoms with van der Waals surface area (Å²) in [6, 6.07) is 0. The maximum absolute atomic E-state index is 10.2. The van der Waals surface area contributed by atoms with E-state index in [4.69, 9.17) is 9.47 Å². The second-order valence-corrected chi connectivity index (χ2v) is 3.82. The normalized spacial score (nSPS) is 14.6. The van der Waals surface area contributed by atoms with E-state index in [2.05, 4.69) is 13.8 Å². The molecule has 0 amide bonds.